The van der Waals surface area contributed by atoms with Crippen molar-refractivity contribution in [1.82, 2.24) is 15.5 Å². The molecule has 0 radical (unpaired) electrons. The molecule has 0 spiro atoms. The number of piperidine rings is 2. The van der Waals surface area contributed by atoms with Crippen LogP contribution < -0.4 is 10.6 Å². The lowest BCUT2D eigenvalue weighted by Gasteiger charge is -2.33. The molecule has 0 saturated carbocycles. The summed E-state index contributed by atoms with van der Waals surface area (Å²) >= 11 is 0. The van der Waals surface area contributed by atoms with Gasteiger partial charge in [0.15, 0.2) is 0 Å². The lowest BCUT2D eigenvalue weighted by atomic mass is 9.92. The molecule has 2 aliphatic heterocycles. The molecule has 2 heterocycles. The molecule has 26 heavy (non-hydrogen) atoms. The normalized spacial score (nSPS) is 22.2. The lowest BCUT2D eigenvalue weighted by Crippen LogP contribution is -2.46. The molecule has 150 valence electrons. The molecular weight excluding hydrogens is 358 g/mol. The van der Waals surface area contributed by atoms with Crippen LogP contribution in [0.5, 0.6) is 0 Å². The Morgan fingerprint density at radius 2 is 1.92 bits per heavy atom. The van der Waals surface area contributed by atoms with Gasteiger partial charge in [0.2, 0.25) is 11.8 Å². The van der Waals surface area contributed by atoms with E-state index >= 15 is 0 Å². The summed E-state index contributed by atoms with van der Waals surface area (Å²) in [6.45, 7) is 4.96. The first kappa shape index (κ1) is 22.7. The molecule has 8 heteroatoms. The van der Waals surface area contributed by atoms with E-state index in [9.17, 15) is 14.4 Å². The Bertz CT molecular complexity index is 483. The van der Waals surface area contributed by atoms with Crippen LogP contribution in [0.3, 0.4) is 0 Å². The van der Waals surface area contributed by atoms with Gasteiger partial charge < -0.3 is 20.6 Å². The summed E-state index contributed by atoms with van der Waals surface area (Å²) < 4.78 is 0. The average Bonchev–Trinajstić information content (AvgIpc) is 2.64. The highest BCUT2D eigenvalue weighted by Crippen LogP contribution is 2.21. The summed E-state index contributed by atoms with van der Waals surface area (Å²) in [5.74, 6) is -1.10. The second-order valence-corrected chi connectivity index (χ2v) is 7.40. The van der Waals surface area contributed by atoms with Gasteiger partial charge in [-0.05, 0) is 51.1 Å². The Morgan fingerprint density at radius 3 is 2.58 bits per heavy atom. The molecule has 0 bridgehead atoms. The largest absolute Gasteiger partial charge is 0.481 e. The first-order valence-electron chi connectivity index (χ1n) is 9.46. The molecule has 2 rings (SSSR count). The number of nitrogens with one attached hydrogen (secondary N) is 2. The Kier molecular flexibility index (Phi) is 9.94. The Balaban J connectivity index is 0.00000338. The molecule has 3 N–H and O–H groups in total. The number of amides is 2. The fourth-order valence-corrected chi connectivity index (χ4v) is 3.56. The van der Waals surface area contributed by atoms with E-state index in [1.807, 2.05) is 4.90 Å². The maximum atomic E-state index is 12.5. The first-order chi connectivity index (χ1) is 12.0. The maximum Gasteiger partial charge on any atom is 0.308 e. The SMILES string of the molecule is C[C@H](CNC(=O)[C@@H]1CCCN(C(=O)CCC2CCNCC2)C1)C(=O)O.Cl. The third-order valence-corrected chi connectivity index (χ3v) is 5.37. The second kappa shape index (κ2) is 11.4. The molecule has 2 fully saturated rings. The number of carbonyl (C=O) groups excluding carboxylic acids is 2. The number of hydrogen-bond donors (Lipinski definition) is 3. The molecule has 2 amide bonds. The number of carbonyl (C=O) groups is 3. The number of halogens is 1. The van der Waals surface area contributed by atoms with Gasteiger partial charge in [-0.25, -0.2) is 0 Å². The minimum atomic E-state index is -0.918. The summed E-state index contributed by atoms with van der Waals surface area (Å²) in [6.07, 6.45) is 5.36. The van der Waals surface area contributed by atoms with Crippen molar-refractivity contribution in [2.75, 3.05) is 32.7 Å². The van der Waals surface area contributed by atoms with E-state index < -0.39 is 11.9 Å². The van der Waals surface area contributed by atoms with E-state index in [2.05, 4.69) is 10.6 Å². The minimum Gasteiger partial charge on any atom is -0.481 e. The Morgan fingerprint density at radius 1 is 1.23 bits per heavy atom. The highest BCUT2D eigenvalue weighted by atomic mass is 35.5. The smallest absolute Gasteiger partial charge is 0.308 e. The van der Waals surface area contributed by atoms with Crippen molar-refractivity contribution in [2.45, 2.75) is 45.4 Å². The van der Waals surface area contributed by atoms with Crippen molar-refractivity contribution >= 4 is 30.2 Å². The Labute approximate surface area is 161 Å². The van der Waals surface area contributed by atoms with Crippen LogP contribution in [0.1, 0.15) is 45.4 Å². The Hall–Kier alpha value is -1.34. The highest BCUT2D eigenvalue weighted by molar-refractivity contribution is 5.85. The van der Waals surface area contributed by atoms with Crippen LogP contribution in [-0.4, -0.2) is 60.5 Å². The molecule has 0 aromatic rings. The number of hydrogen-bond acceptors (Lipinski definition) is 4. The van der Waals surface area contributed by atoms with Crippen molar-refractivity contribution < 1.29 is 19.5 Å². The summed E-state index contributed by atoms with van der Waals surface area (Å²) in [4.78, 5) is 37.4. The molecule has 7 nitrogen and oxygen atoms in total. The maximum absolute atomic E-state index is 12.5. The number of rotatable bonds is 7. The van der Waals surface area contributed by atoms with Crippen molar-refractivity contribution in [1.29, 1.82) is 0 Å². The summed E-state index contributed by atoms with van der Waals surface area (Å²) in [7, 11) is 0. The third kappa shape index (κ3) is 7.11. The van der Waals surface area contributed by atoms with Gasteiger partial charge in [-0.15, -0.1) is 12.4 Å². The summed E-state index contributed by atoms with van der Waals surface area (Å²) in [6, 6.07) is 0. The van der Waals surface area contributed by atoms with Crippen LogP contribution in [-0.2, 0) is 14.4 Å². The van der Waals surface area contributed by atoms with E-state index in [1.54, 1.807) is 6.92 Å². The zero-order valence-corrected chi connectivity index (χ0v) is 16.4. The number of likely N-dealkylation sites (tertiary alicyclic amines) is 1. The van der Waals surface area contributed by atoms with Crippen LogP contribution in [0, 0.1) is 17.8 Å². The standard InChI is InChI=1S/C18H31N3O4.ClH/c1-13(18(24)25)11-20-17(23)15-3-2-10-21(12-15)16(22)5-4-14-6-8-19-9-7-14;/h13-15,19H,2-12H2,1H3,(H,20,23)(H,24,25);1H/t13-,15-;/m1./s1. The van der Waals surface area contributed by atoms with Crippen LogP contribution in [0.15, 0.2) is 0 Å². The second-order valence-electron chi connectivity index (χ2n) is 7.40. The first-order valence-corrected chi connectivity index (χ1v) is 9.46. The predicted octanol–water partition coefficient (Wildman–Crippen LogP) is 1.26. The van der Waals surface area contributed by atoms with Crippen molar-refractivity contribution in [3.63, 3.8) is 0 Å². The topological polar surface area (TPSA) is 98.7 Å². The van der Waals surface area contributed by atoms with Gasteiger partial charge in [-0.2, -0.15) is 0 Å². The monoisotopic (exact) mass is 389 g/mol. The number of carboxylic acids is 1. The molecule has 2 aliphatic rings. The number of nitrogens with zero attached hydrogens (tertiary/aromatic N) is 1. The summed E-state index contributed by atoms with van der Waals surface area (Å²) in [5, 5.41) is 14.9. The zero-order valence-electron chi connectivity index (χ0n) is 15.5. The van der Waals surface area contributed by atoms with Crippen molar-refractivity contribution in [3.8, 4) is 0 Å². The summed E-state index contributed by atoms with van der Waals surface area (Å²) in [5.41, 5.74) is 0. The van der Waals surface area contributed by atoms with E-state index in [-0.39, 0.29) is 36.7 Å². The van der Waals surface area contributed by atoms with Gasteiger partial charge in [-0.3, -0.25) is 14.4 Å². The molecular formula is C18H32ClN3O4. The van der Waals surface area contributed by atoms with E-state index in [4.69, 9.17) is 5.11 Å². The van der Waals surface area contributed by atoms with E-state index in [0.717, 1.165) is 51.7 Å². The van der Waals surface area contributed by atoms with Gasteiger partial charge in [0.1, 0.15) is 0 Å². The van der Waals surface area contributed by atoms with E-state index in [1.165, 1.54) is 0 Å². The molecule has 0 aliphatic carbocycles. The quantitative estimate of drug-likeness (QED) is 0.609. The lowest BCUT2D eigenvalue weighted by molar-refractivity contribution is -0.141. The molecule has 2 saturated heterocycles. The van der Waals surface area contributed by atoms with Crippen molar-refractivity contribution in [3.05, 3.63) is 0 Å². The van der Waals surface area contributed by atoms with Gasteiger partial charge in [0.25, 0.3) is 0 Å². The molecule has 0 unspecified atom stereocenters. The van der Waals surface area contributed by atoms with Crippen LogP contribution in [0.25, 0.3) is 0 Å². The number of aliphatic carboxylic acids is 1. The third-order valence-electron chi connectivity index (χ3n) is 5.37. The van der Waals surface area contributed by atoms with Gasteiger partial charge in [-0.1, -0.05) is 6.92 Å². The van der Waals surface area contributed by atoms with Crippen LogP contribution in [0.2, 0.25) is 0 Å². The predicted molar refractivity (Wildman–Crippen MR) is 101 cm³/mol. The van der Waals surface area contributed by atoms with Crippen molar-refractivity contribution in [2.24, 2.45) is 17.8 Å². The van der Waals surface area contributed by atoms with E-state index in [0.29, 0.717) is 18.9 Å². The zero-order chi connectivity index (χ0) is 18.2. The van der Waals surface area contributed by atoms with Gasteiger partial charge >= 0.3 is 5.97 Å². The van der Waals surface area contributed by atoms with Gasteiger partial charge in [0, 0.05) is 26.1 Å². The highest BCUT2D eigenvalue weighted by Gasteiger charge is 2.29. The molecule has 0 aromatic heterocycles. The molecule has 0 aromatic carbocycles. The molecule has 2 atom stereocenters. The minimum absolute atomic E-state index is 0. The average molecular weight is 390 g/mol. The van der Waals surface area contributed by atoms with Gasteiger partial charge in [0.05, 0.1) is 11.8 Å². The van der Waals surface area contributed by atoms with Crippen LogP contribution >= 0.6 is 12.4 Å². The number of carboxylic acid groups (broad SMARTS) is 1. The fraction of sp³-hybridized carbons (Fsp3) is 0.833. The fourth-order valence-electron chi connectivity index (χ4n) is 3.56. The van der Waals surface area contributed by atoms with Crippen LogP contribution in [0.4, 0.5) is 0 Å².